The number of carbonyl (C=O) groups is 1. The number of methoxy groups -OCH3 is 3. The first-order chi connectivity index (χ1) is 17.5. The molecule has 0 radical (unpaired) electrons. The number of nitrogens with one attached hydrogen (secondary N) is 1. The molecule has 10 heteroatoms. The van der Waals surface area contributed by atoms with Gasteiger partial charge in [0.2, 0.25) is 5.75 Å². The summed E-state index contributed by atoms with van der Waals surface area (Å²) in [5.74, 6) is 1.17. The van der Waals surface area contributed by atoms with E-state index in [0.717, 1.165) is 22.4 Å². The molecule has 0 spiro atoms. The van der Waals surface area contributed by atoms with Crippen LogP contribution in [0.15, 0.2) is 60.1 Å². The van der Waals surface area contributed by atoms with Crippen LogP contribution in [0.3, 0.4) is 0 Å². The van der Waals surface area contributed by atoms with Gasteiger partial charge in [0.25, 0.3) is 5.91 Å². The van der Waals surface area contributed by atoms with Crippen molar-refractivity contribution in [3.63, 3.8) is 0 Å². The minimum atomic E-state index is -0.331. The molecular weight excluding hydrogens is 496 g/mol. The number of thiophene rings is 1. The number of pyridine rings is 1. The Labute approximate surface area is 215 Å². The van der Waals surface area contributed by atoms with Crippen molar-refractivity contribution in [2.75, 3.05) is 32.4 Å². The number of rotatable bonds is 7. The van der Waals surface area contributed by atoms with Gasteiger partial charge in [-0.3, -0.25) is 10.1 Å². The Morgan fingerprint density at radius 3 is 2.31 bits per heavy atom. The lowest BCUT2D eigenvalue weighted by atomic mass is 9.98. The molecule has 0 aliphatic carbocycles. The van der Waals surface area contributed by atoms with E-state index in [4.69, 9.17) is 24.9 Å². The molecule has 0 aliphatic heterocycles. The van der Waals surface area contributed by atoms with Crippen molar-refractivity contribution in [1.29, 1.82) is 0 Å². The topological polar surface area (TPSA) is 109 Å². The van der Waals surface area contributed by atoms with Crippen LogP contribution < -0.4 is 25.3 Å². The lowest BCUT2D eigenvalue weighted by Crippen LogP contribution is -2.11. The van der Waals surface area contributed by atoms with Gasteiger partial charge in [-0.05, 0) is 29.3 Å². The molecule has 0 fully saturated rings. The van der Waals surface area contributed by atoms with Crippen LogP contribution in [-0.4, -0.2) is 37.2 Å². The predicted molar refractivity (Wildman–Crippen MR) is 145 cm³/mol. The molecule has 1 amide bonds. The number of hydrogen-bond donors (Lipinski definition) is 2. The van der Waals surface area contributed by atoms with Crippen LogP contribution in [-0.2, 0) is 0 Å². The van der Waals surface area contributed by atoms with Gasteiger partial charge in [0, 0.05) is 22.5 Å². The van der Waals surface area contributed by atoms with Crippen molar-refractivity contribution in [2.45, 2.75) is 0 Å². The summed E-state index contributed by atoms with van der Waals surface area (Å²) in [6, 6.07) is 15.5. The second kappa shape index (κ2) is 9.84. The summed E-state index contributed by atoms with van der Waals surface area (Å²) in [6.45, 7) is 0. The summed E-state index contributed by atoms with van der Waals surface area (Å²) in [5, 5.41) is 5.78. The van der Waals surface area contributed by atoms with Crippen LogP contribution >= 0.6 is 22.7 Å². The van der Waals surface area contributed by atoms with E-state index >= 15 is 0 Å². The summed E-state index contributed by atoms with van der Waals surface area (Å²) < 4.78 is 16.7. The zero-order valence-electron chi connectivity index (χ0n) is 19.7. The molecule has 0 saturated heterocycles. The first-order valence-electron chi connectivity index (χ1n) is 10.8. The standard InChI is InChI=1S/C26H22N4O4S2/c1-32-18-11-15(12-19(33-2)22(18)34-3)16-13-17(14-7-5-4-6-8-14)29-25-20(16)21(27)23(36-25)24(31)30-26-28-9-10-35-26/h4-13H,27H2,1-3H3,(H,28,30,31). The highest BCUT2D eigenvalue weighted by molar-refractivity contribution is 7.21. The van der Waals surface area contributed by atoms with E-state index in [0.29, 0.717) is 43.2 Å². The second-order valence-electron chi connectivity index (χ2n) is 7.65. The number of nitrogens with zero attached hydrogens (tertiary/aromatic N) is 2. The molecule has 5 rings (SSSR count). The maximum atomic E-state index is 13.1. The van der Waals surface area contributed by atoms with Crippen molar-refractivity contribution in [1.82, 2.24) is 9.97 Å². The number of hydrogen-bond acceptors (Lipinski definition) is 9. The molecule has 0 atom stereocenters. The third-order valence-corrected chi connectivity index (χ3v) is 7.39. The van der Waals surface area contributed by atoms with Crippen LogP contribution in [0.25, 0.3) is 32.6 Å². The number of anilines is 2. The average molecular weight is 519 g/mol. The highest BCUT2D eigenvalue weighted by Crippen LogP contribution is 2.46. The number of amides is 1. The van der Waals surface area contributed by atoms with Gasteiger partial charge >= 0.3 is 0 Å². The van der Waals surface area contributed by atoms with Gasteiger partial charge in [-0.2, -0.15) is 0 Å². The SMILES string of the molecule is COc1cc(-c2cc(-c3ccccc3)nc3sc(C(=O)Nc4nccs4)c(N)c23)cc(OC)c1OC. The van der Waals surface area contributed by atoms with E-state index in [2.05, 4.69) is 10.3 Å². The maximum Gasteiger partial charge on any atom is 0.269 e. The Bertz CT molecular complexity index is 1520. The van der Waals surface area contributed by atoms with Gasteiger partial charge < -0.3 is 19.9 Å². The molecule has 3 N–H and O–H groups in total. The Morgan fingerprint density at radius 1 is 0.972 bits per heavy atom. The molecule has 182 valence electrons. The van der Waals surface area contributed by atoms with Crippen molar-refractivity contribution >= 4 is 49.6 Å². The fourth-order valence-corrected chi connectivity index (χ4v) is 5.49. The summed E-state index contributed by atoms with van der Waals surface area (Å²) in [4.78, 5) is 23.1. The first kappa shape index (κ1) is 23.6. The summed E-state index contributed by atoms with van der Waals surface area (Å²) in [6.07, 6.45) is 1.63. The quantitative estimate of drug-likeness (QED) is 0.274. The van der Waals surface area contributed by atoms with Gasteiger partial charge in [-0.15, -0.1) is 22.7 Å². The zero-order chi connectivity index (χ0) is 25.2. The predicted octanol–water partition coefficient (Wildman–Crippen LogP) is 5.95. The smallest absolute Gasteiger partial charge is 0.269 e. The van der Waals surface area contributed by atoms with Crippen molar-refractivity contribution in [3.05, 3.63) is 65.0 Å². The molecule has 5 aromatic rings. The third-order valence-electron chi connectivity index (χ3n) is 5.60. The van der Waals surface area contributed by atoms with Crippen LogP contribution in [0.2, 0.25) is 0 Å². The fourth-order valence-electron chi connectivity index (χ4n) is 3.95. The van der Waals surface area contributed by atoms with Gasteiger partial charge in [-0.25, -0.2) is 9.97 Å². The summed E-state index contributed by atoms with van der Waals surface area (Å²) in [5.41, 5.74) is 10.2. The Balaban J connectivity index is 1.75. The van der Waals surface area contributed by atoms with Gasteiger partial charge in [0.15, 0.2) is 16.6 Å². The van der Waals surface area contributed by atoms with E-state index in [1.54, 1.807) is 32.9 Å². The second-order valence-corrected chi connectivity index (χ2v) is 9.55. The largest absolute Gasteiger partial charge is 0.493 e. The molecule has 0 unspecified atom stereocenters. The number of fused-ring (bicyclic) bond motifs is 1. The number of benzene rings is 2. The number of nitrogen functional groups attached to an aromatic ring is 1. The molecular formula is C26H22N4O4S2. The lowest BCUT2D eigenvalue weighted by molar-refractivity contribution is 0.103. The van der Waals surface area contributed by atoms with E-state index in [-0.39, 0.29) is 5.91 Å². The average Bonchev–Trinajstić information content (AvgIpc) is 3.55. The number of carbonyl (C=O) groups excluding carboxylic acids is 1. The normalized spacial score (nSPS) is 10.9. The van der Waals surface area contributed by atoms with Crippen LogP contribution in [0.4, 0.5) is 10.8 Å². The minimum Gasteiger partial charge on any atom is -0.493 e. The molecule has 36 heavy (non-hydrogen) atoms. The van der Waals surface area contributed by atoms with E-state index in [1.165, 1.54) is 22.7 Å². The van der Waals surface area contributed by atoms with Crippen LogP contribution in [0.1, 0.15) is 9.67 Å². The van der Waals surface area contributed by atoms with Gasteiger partial charge in [0.05, 0.1) is 32.7 Å². The molecule has 0 saturated carbocycles. The fraction of sp³-hybridized carbons (Fsp3) is 0.115. The monoisotopic (exact) mass is 518 g/mol. The van der Waals surface area contributed by atoms with Crippen LogP contribution in [0.5, 0.6) is 17.2 Å². The van der Waals surface area contributed by atoms with E-state index in [9.17, 15) is 4.79 Å². The molecule has 2 aromatic carbocycles. The molecule has 8 nitrogen and oxygen atoms in total. The van der Waals surface area contributed by atoms with Crippen LogP contribution in [0, 0.1) is 0 Å². The maximum absolute atomic E-state index is 13.1. The Hall–Kier alpha value is -4.15. The van der Waals surface area contributed by atoms with Crippen molar-refractivity contribution < 1.29 is 19.0 Å². The Morgan fingerprint density at radius 2 is 1.69 bits per heavy atom. The zero-order valence-corrected chi connectivity index (χ0v) is 21.3. The molecule has 0 bridgehead atoms. The lowest BCUT2D eigenvalue weighted by Gasteiger charge is -2.15. The number of ether oxygens (including phenoxy) is 3. The van der Waals surface area contributed by atoms with Crippen molar-refractivity contribution in [2.24, 2.45) is 0 Å². The van der Waals surface area contributed by atoms with Crippen molar-refractivity contribution in [3.8, 4) is 39.6 Å². The summed E-state index contributed by atoms with van der Waals surface area (Å²) >= 11 is 2.58. The highest BCUT2D eigenvalue weighted by atomic mass is 32.1. The summed E-state index contributed by atoms with van der Waals surface area (Å²) in [7, 11) is 4.69. The van der Waals surface area contributed by atoms with E-state index < -0.39 is 0 Å². The number of nitrogens with two attached hydrogens (primary N) is 1. The van der Waals surface area contributed by atoms with E-state index in [1.807, 2.05) is 48.5 Å². The number of aromatic nitrogens is 2. The molecule has 3 aromatic heterocycles. The number of thiazole rings is 1. The molecule has 3 heterocycles. The van der Waals surface area contributed by atoms with Gasteiger partial charge in [-0.1, -0.05) is 30.3 Å². The third kappa shape index (κ3) is 4.21. The first-order valence-corrected chi connectivity index (χ1v) is 12.5. The Kier molecular flexibility index (Phi) is 6.45. The highest BCUT2D eigenvalue weighted by Gasteiger charge is 2.24. The van der Waals surface area contributed by atoms with Gasteiger partial charge in [0.1, 0.15) is 9.71 Å². The molecule has 0 aliphatic rings. The minimum absolute atomic E-state index is 0.331.